The van der Waals surface area contributed by atoms with E-state index in [0.717, 1.165) is 0 Å². The molecule has 0 fully saturated rings. The van der Waals surface area contributed by atoms with E-state index in [0.29, 0.717) is 0 Å². The fourth-order valence-electron chi connectivity index (χ4n) is 0.751. The smallest absolute Gasteiger partial charge is 0.316 e. The van der Waals surface area contributed by atoms with Crippen LogP contribution in [0.25, 0.3) is 0 Å². The molecule has 5 heteroatoms. The fourth-order valence-corrected chi connectivity index (χ4v) is 0.751. The van der Waals surface area contributed by atoms with E-state index >= 15 is 0 Å². The molecule has 0 amide bonds. The van der Waals surface area contributed by atoms with Crippen LogP contribution in [0.15, 0.2) is 0 Å². The van der Waals surface area contributed by atoms with Gasteiger partial charge in [-0.2, -0.15) is 0 Å². The van der Waals surface area contributed by atoms with Crippen LogP contribution >= 0.6 is 0 Å². The number of rotatable bonds is 4. The van der Waals surface area contributed by atoms with Crippen molar-refractivity contribution in [2.45, 2.75) is 41.0 Å². The molecule has 98 valence electrons. The summed E-state index contributed by atoms with van der Waals surface area (Å²) in [7, 11) is 0. The number of aliphatic carboxylic acids is 1. The molecular weight excluding hydrogens is 363 g/mol. The molecule has 16 heavy (non-hydrogen) atoms. The molecule has 0 spiro atoms. The van der Waals surface area contributed by atoms with E-state index in [2.05, 4.69) is 0 Å². The average molecular weight is 382 g/mol. The summed E-state index contributed by atoms with van der Waals surface area (Å²) in [6.45, 7) is 7.74. The van der Waals surface area contributed by atoms with Gasteiger partial charge in [-0.25, -0.2) is 0 Å². The Labute approximate surface area is 125 Å². The second-order valence-corrected chi connectivity index (χ2v) is 5.20. The summed E-state index contributed by atoms with van der Waals surface area (Å²) in [6.07, 6.45) is -0.317. The van der Waals surface area contributed by atoms with Crippen LogP contribution in [0.2, 0.25) is 0 Å². The molecule has 0 rings (SSSR count). The van der Waals surface area contributed by atoms with Gasteiger partial charge in [0, 0.05) is 42.7 Å². The number of carboxylic acid groups (broad SMARTS) is 1. The second kappa shape index (κ2) is 6.12. The van der Waals surface area contributed by atoms with Gasteiger partial charge in [-0.3, -0.25) is 14.4 Å². The number of carboxylic acids is 1. The van der Waals surface area contributed by atoms with Crippen LogP contribution in [0, 0.1) is 48.1 Å². The van der Waals surface area contributed by atoms with Crippen molar-refractivity contribution in [2.75, 3.05) is 0 Å². The first-order valence-corrected chi connectivity index (χ1v) is 4.79. The fraction of sp³-hybridized carbons (Fsp3) is 0.727. The van der Waals surface area contributed by atoms with E-state index in [-0.39, 0.29) is 49.5 Å². The van der Waals surface area contributed by atoms with Crippen molar-refractivity contribution in [1.29, 1.82) is 0 Å². The van der Waals surface area contributed by atoms with E-state index in [4.69, 9.17) is 5.11 Å². The predicted octanol–water partition coefficient (Wildman–Crippen LogP) is 1.67. The van der Waals surface area contributed by atoms with Crippen LogP contribution < -0.4 is 0 Å². The maximum Gasteiger partial charge on any atom is 0.316 e. The molecule has 0 saturated carbocycles. The minimum atomic E-state index is -1.49. The van der Waals surface area contributed by atoms with Crippen molar-refractivity contribution < 1.29 is 56.8 Å². The Hall–Kier alpha value is 0.0568. The summed E-state index contributed by atoms with van der Waals surface area (Å²) in [5.41, 5.74) is -2.09. The van der Waals surface area contributed by atoms with Crippen LogP contribution in [-0.4, -0.2) is 22.6 Å². The quantitative estimate of drug-likeness (QED) is 0.752. The second-order valence-electron chi connectivity index (χ2n) is 5.20. The van der Waals surface area contributed by atoms with Crippen molar-refractivity contribution in [3.8, 4) is 0 Å². The molecule has 0 atom stereocenters. The molecule has 4 nitrogen and oxygen atoms in total. The monoisotopic (exact) mass is 380 g/mol. The Morgan fingerprint density at radius 3 is 1.56 bits per heavy atom. The van der Waals surface area contributed by atoms with Crippen LogP contribution in [0.4, 0.5) is 0 Å². The van der Waals surface area contributed by atoms with Gasteiger partial charge in [0.2, 0.25) is 0 Å². The zero-order chi connectivity index (χ0) is 12.4. The van der Waals surface area contributed by atoms with E-state index in [1.807, 2.05) is 0 Å². The Bertz CT molecular complexity index is 300. The summed E-state index contributed by atoms with van der Waals surface area (Å²) >= 11 is 0. The standard InChI is InChI=1S/C11H18O4.Er/c1-10(2,3)7(12)6-8(13)11(4,5)9(14)15;/h6H2,1-5H3,(H,14,15);. The topological polar surface area (TPSA) is 71.4 Å². The molecule has 0 aliphatic heterocycles. The van der Waals surface area contributed by atoms with Gasteiger partial charge in [0.1, 0.15) is 11.2 Å². The van der Waals surface area contributed by atoms with E-state index in [9.17, 15) is 14.4 Å². The van der Waals surface area contributed by atoms with Crippen molar-refractivity contribution in [3.05, 3.63) is 0 Å². The van der Waals surface area contributed by atoms with E-state index in [1.165, 1.54) is 13.8 Å². The minimum absolute atomic E-state index is 0. The zero-order valence-electron chi connectivity index (χ0n) is 10.2. The molecule has 0 bridgehead atoms. The van der Waals surface area contributed by atoms with Crippen LogP contribution in [0.1, 0.15) is 41.0 Å². The van der Waals surface area contributed by atoms with Gasteiger partial charge >= 0.3 is 5.97 Å². The summed E-state index contributed by atoms with van der Waals surface area (Å²) in [5.74, 6) is -1.98. The number of carbonyl (C=O) groups is 3. The van der Waals surface area contributed by atoms with Crippen LogP contribution in [-0.2, 0) is 14.4 Å². The molecule has 0 radical (unpaired) electrons. The van der Waals surface area contributed by atoms with Gasteiger partial charge in [-0.15, -0.1) is 0 Å². The van der Waals surface area contributed by atoms with Crippen molar-refractivity contribution >= 4 is 17.5 Å². The maximum atomic E-state index is 11.6. The first-order valence-electron chi connectivity index (χ1n) is 4.79. The Balaban J connectivity index is 0. The number of hydrogen-bond acceptors (Lipinski definition) is 3. The van der Waals surface area contributed by atoms with E-state index in [1.54, 1.807) is 20.8 Å². The largest absolute Gasteiger partial charge is 0.481 e. The van der Waals surface area contributed by atoms with Gasteiger partial charge in [-0.05, 0) is 13.8 Å². The first kappa shape index (κ1) is 18.4. The molecule has 1 N–H and O–H groups in total. The number of ketones is 2. The van der Waals surface area contributed by atoms with Crippen LogP contribution in [0.5, 0.6) is 0 Å². The van der Waals surface area contributed by atoms with E-state index < -0.39 is 22.6 Å². The Kier molecular flexibility index (Phi) is 7.04. The first-order chi connectivity index (χ1) is 6.49. The maximum absolute atomic E-state index is 11.6. The van der Waals surface area contributed by atoms with Gasteiger partial charge < -0.3 is 5.11 Å². The summed E-state index contributed by atoms with van der Waals surface area (Å²) in [6, 6.07) is 0. The third-order valence-electron chi connectivity index (χ3n) is 2.39. The minimum Gasteiger partial charge on any atom is -0.481 e. The molecule has 0 aromatic heterocycles. The normalized spacial score (nSPS) is 11.6. The van der Waals surface area contributed by atoms with Gasteiger partial charge in [0.25, 0.3) is 0 Å². The van der Waals surface area contributed by atoms with Gasteiger partial charge in [0.05, 0.1) is 6.42 Å². The van der Waals surface area contributed by atoms with Crippen molar-refractivity contribution in [2.24, 2.45) is 10.8 Å². The molecular formula is C11H18ErO4. The Morgan fingerprint density at radius 2 is 1.31 bits per heavy atom. The molecule has 0 aliphatic rings. The summed E-state index contributed by atoms with van der Waals surface area (Å²) in [4.78, 5) is 33.9. The zero-order valence-corrected chi connectivity index (χ0v) is 12.0. The third-order valence-corrected chi connectivity index (χ3v) is 2.39. The Morgan fingerprint density at radius 1 is 0.938 bits per heavy atom. The van der Waals surface area contributed by atoms with Crippen molar-refractivity contribution in [1.82, 2.24) is 0 Å². The predicted molar refractivity (Wildman–Crippen MR) is 55.5 cm³/mol. The molecule has 0 aromatic rings. The third kappa shape index (κ3) is 4.93. The number of carbonyl (C=O) groups excluding carboxylic acids is 2. The number of hydrogen-bond donors (Lipinski definition) is 1. The van der Waals surface area contributed by atoms with Crippen LogP contribution in [0.3, 0.4) is 0 Å². The molecule has 0 heterocycles. The SMILES string of the molecule is CC(C)(C)C(=O)CC(=O)C(C)(C)C(=O)O.[Er]. The molecule has 0 aromatic carbocycles. The van der Waals surface area contributed by atoms with Gasteiger partial charge in [0.15, 0.2) is 5.78 Å². The molecule has 0 saturated heterocycles. The molecule has 0 aliphatic carbocycles. The summed E-state index contributed by atoms with van der Waals surface area (Å²) < 4.78 is 0. The molecule has 0 unspecified atom stereocenters. The summed E-state index contributed by atoms with van der Waals surface area (Å²) in [5, 5.41) is 8.80. The average Bonchev–Trinajstić information content (AvgIpc) is 2.01. The van der Waals surface area contributed by atoms with Gasteiger partial charge in [-0.1, -0.05) is 20.8 Å². The number of Topliss-reactive ketones (excluding diaryl/α,β-unsaturated/α-hetero) is 2. The van der Waals surface area contributed by atoms with Crippen molar-refractivity contribution in [3.63, 3.8) is 0 Å².